The fourth-order valence-electron chi connectivity index (χ4n) is 3.58. The number of nitrogens with zero attached hydrogens (tertiary/aromatic N) is 2. The van der Waals surface area contributed by atoms with Gasteiger partial charge in [0.05, 0.1) is 11.4 Å². The Hall–Kier alpha value is -1.44. The van der Waals surface area contributed by atoms with Gasteiger partial charge in [0.2, 0.25) is 15.9 Å². The van der Waals surface area contributed by atoms with Crippen LogP contribution in [0.1, 0.15) is 32.6 Å². The lowest BCUT2D eigenvalue weighted by Crippen LogP contribution is -2.49. The van der Waals surface area contributed by atoms with Crippen molar-refractivity contribution >= 4 is 21.9 Å². The van der Waals surface area contributed by atoms with Crippen LogP contribution < -0.4 is 0 Å². The third-order valence-electron chi connectivity index (χ3n) is 5.50. The molecule has 31 heavy (non-hydrogen) atoms. The van der Waals surface area contributed by atoms with Crippen LogP contribution in [-0.4, -0.2) is 99.1 Å². The summed E-state index contributed by atoms with van der Waals surface area (Å²) in [6, 6.07) is 0. The molecule has 0 saturated carbocycles. The minimum Gasteiger partial charge on any atom is -0.475 e. The fraction of sp³-hybridized carbons (Fsp3) is 0.889. The zero-order valence-electron chi connectivity index (χ0n) is 18.0. The van der Waals surface area contributed by atoms with E-state index in [1.54, 1.807) is 25.3 Å². The average molecular weight is 477 g/mol. The van der Waals surface area contributed by atoms with E-state index in [2.05, 4.69) is 0 Å². The number of alkyl halides is 3. The van der Waals surface area contributed by atoms with E-state index in [4.69, 9.17) is 19.4 Å². The largest absolute Gasteiger partial charge is 0.490 e. The molecule has 1 amide bonds. The van der Waals surface area contributed by atoms with Crippen LogP contribution in [0.5, 0.6) is 0 Å². The van der Waals surface area contributed by atoms with Crippen molar-refractivity contribution in [3.8, 4) is 0 Å². The topological polar surface area (TPSA) is 113 Å². The number of aliphatic carboxylic acids is 1. The summed E-state index contributed by atoms with van der Waals surface area (Å²) >= 11 is 0. The Kier molecular flexibility index (Phi) is 10.2. The first-order valence-corrected chi connectivity index (χ1v) is 11.6. The van der Waals surface area contributed by atoms with Gasteiger partial charge in [-0.15, -0.1) is 0 Å². The highest BCUT2D eigenvalue weighted by Crippen LogP contribution is 2.42. The molecule has 0 aliphatic carbocycles. The number of likely N-dealkylation sites (N-methyl/N-ethyl adjacent to an activating group) is 1. The number of sulfonamides is 1. The molecule has 2 aliphatic heterocycles. The highest BCUT2D eigenvalue weighted by atomic mass is 32.2. The van der Waals surface area contributed by atoms with Crippen LogP contribution in [0, 0.1) is 5.92 Å². The second-order valence-corrected chi connectivity index (χ2v) is 9.89. The molecule has 2 heterocycles. The standard InChI is InChI=1S/C16H30N2O5S.C2HF3O2/c1-4-24(20,21)18-9-7-16(8-10-18)14(6-12-23-16)5-11-22-13-15(19)17(2)3;3-2(4,5)1(6)7/h14H,4-13H2,1-3H3;(H,6,7). The molecule has 0 aromatic rings. The summed E-state index contributed by atoms with van der Waals surface area (Å²) in [5, 5.41) is 7.12. The molecule has 182 valence electrons. The molecule has 9 nitrogen and oxygen atoms in total. The molecule has 0 bridgehead atoms. The van der Waals surface area contributed by atoms with E-state index in [0.717, 1.165) is 32.3 Å². The van der Waals surface area contributed by atoms with E-state index in [-0.39, 0.29) is 23.9 Å². The Labute approximate surface area is 180 Å². The van der Waals surface area contributed by atoms with Gasteiger partial charge in [0, 0.05) is 40.4 Å². The molecule has 2 saturated heterocycles. The van der Waals surface area contributed by atoms with Gasteiger partial charge in [-0.1, -0.05) is 0 Å². The lowest BCUT2D eigenvalue weighted by molar-refractivity contribution is -0.192. The minimum absolute atomic E-state index is 0.0366. The van der Waals surface area contributed by atoms with E-state index in [1.165, 1.54) is 4.90 Å². The summed E-state index contributed by atoms with van der Waals surface area (Å²) in [6.07, 6.45) is -1.77. The summed E-state index contributed by atoms with van der Waals surface area (Å²) in [7, 11) is 0.311. The normalized spacial score (nSPS) is 21.4. The molecule has 1 N–H and O–H groups in total. The number of carboxylic acid groups (broad SMARTS) is 1. The van der Waals surface area contributed by atoms with Gasteiger partial charge in [-0.2, -0.15) is 13.2 Å². The number of amides is 1. The number of hydrogen-bond acceptors (Lipinski definition) is 6. The number of rotatable bonds is 7. The molecule has 1 spiro atoms. The Morgan fingerprint density at radius 3 is 2.26 bits per heavy atom. The van der Waals surface area contributed by atoms with Crippen LogP contribution in [0.15, 0.2) is 0 Å². The van der Waals surface area contributed by atoms with Crippen molar-refractivity contribution < 1.29 is 45.8 Å². The number of carbonyl (C=O) groups excluding carboxylic acids is 1. The van der Waals surface area contributed by atoms with E-state index >= 15 is 0 Å². The lowest BCUT2D eigenvalue weighted by atomic mass is 9.78. The maximum absolute atomic E-state index is 12.0. The molecule has 0 aromatic carbocycles. The molecule has 1 unspecified atom stereocenters. The van der Waals surface area contributed by atoms with Gasteiger partial charge in [0.1, 0.15) is 6.61 Å². The van der Waals surface area contributed by atoms with Gasteiger partial charge in [0.15, 0.2) is 0 Å². The molecule has 0 radical (unpaired) electrons. The monoisotopic (exact) mass is 476 g/mol. The van der Waals surface area contributed by atoms with Crippen LogP contribution in [-0.2, 0) is 29.1 Å². The SMILES string of the molecule is CCS(=O)(=O)N1CCC2(CC1)OCCC2CCOCC(=O)N(C)C.O=C(O)C(F)(F)F. The number of halogens is 3. The molecule has 2 fully saturated rings. The van der Waals surface area contributed by atoms with E-state index in [9.17, 15) is 26.4 Å². The summed E-state index contributed by atoms with van der Waals surface area (Å²) in [5.74, 6) is -2.27. The molecule has 0 aromatic heterocycles. The smallest absolute Gasteiger partial charge is 0.475 e. The van der Waals surface area contributed by atoms with Crippen LogP contribution in [0.4, 0.5) is 13.2 Å². The van der Waals surface area contributed by atoms with Crippen molar-refractivity contribution in [1.29, 1.82) is 0 Å². The van der Waals surface area contributed by atoms with Crippen LogP contribution in [0.2, 0.25) is 0 Å². The van der Waals surface area contributed by atoms with Crippen molar-refractivity contribution in [3.05, 3.63) is 0 Å². The van der Waals surface area contributed by atoms with Gasteiger partial charge >= 0.3 is 12.1 Å². The van der Waals surface area contributed by atoms with Crippen LogP contribution in [0.25, 0.3) is 0 Å². The minimum atomic E-state index is -5.08. The molecule has 13 heteroatoms. The second-order valence-electron chi connectivity index (χ2n) is 7.63. The van der Waals surface area contributed by atoms with Gasteiger partial charge in [0.25, 0.3) is 0 Å². The van der Waals surface area contributed by atoms with Gasteiger partial charge in [-0.05, 0) is 38.5 Å². The second kappa shape index (κ2) is 11.4. The van der Waals surface area contributed by atoms with Gasteiger partial charge < -0.3 is 19.5 Å². The molecule has 1 atom stereocenters. The van der Waals surface area contributed by atoms with Crippen molar-refractivity contribution in [2.75, 3.05) is 52.8 Å². The number of carboxylic acids is 1. The molecule has 2 rings (SSSR count). The Bertz CT molecular complexity index is 705. The third kappa shape index (κ3) is 8.20. The summed E-state index contributed by atoms with van der Waals surface area (Å²) < 4.78 is 68.9. The molecule has 2 aliphatic rings. The zero-order chi connectivity index (χ0) is 23.9. The van der Waals surface area contributed by atoms with Crippen molar-refractivity contribution in [2.45, 2.75) is 44.4 Å². The zero-order valence-corrected chi connectivity index (χ0v) is 18.8. The predicted octanol–water partition coefficient (Wildman–Crippen LogP) is 1.34. The highest BCUT2D eigenvalue weighted by Gasteiger charge is 2.47. The van der Waals surface area contributed by atoms with Crippen molar-refractivity contribution in [3.63, 3.8) is 0 Å². The lowest BCUT2D eigenvalue weighted by Gasteiger charge is -2.41. The third-order valence-corrected chi connectivity index (χ3v) is 7.39. The van der Waals surface area contributed by atoms with E-state index < -0.39 is 22.2 Å². The average Bonchev–Trinajstić information content (AvgIpc) is 3.06. The first kappa shape index (κ1) is 27.6. The number of carbonyl (C=O) groups is 2. The molecular formula is C18H31F3N2O7S. The van der Waals surface area contributed by atoms with E-state index in [0.29, 0.717) is 25.6 Å². The molecular weight excluding hydrogens is 445 g/mol. The maximum atomic E-state index is 12.0. The van der Waals surface area contributed by atoms with Gasteiger partial charge in [-0.3, -0.25) is 4.79 Å². The van der Waals surface area contributed by atoms with Crippen molar-refractivity contribution in [2.24, 2.45) is 5.92 Å². The predicted molar refractivity (Wildman–Crippen MR) is 105 cm³/mol. The maximum Gasteiger partial charge on any atom is 0.490 e. The van der Waals surface area contributed by atoms with Crippen molar-refractivity contribution in [1.82, 2.24) is 9.21 Å². The quantitative estimate of drug-likeness (QED) is 0.552. The first-order chi connectivity index (χ1) is 14.2. The van der Waals surface area contributed by atoms with Crippen LogP contribution in [0.3, 0.4) is 0 Å². The number of ether oxygens (including phenoxy) is 2. The Morgan fingerprint density at radius 1 is 1.26 bits per heavy atom. The number of hydrogen-bond donors (Lipinski definition) is 1. The summed E-state index contributed by atoms with van der Waals surface area (Å²) in [6.45, 7) is 4.12. The van der Waals surface area contributed by atoms with Crippen LogP contribution >= 0.6 is 0 Å². The number of piperidine rings is 1. The summed E-state index contributed by atoms with van der Waals surface area (Å²) in [5.41, 5.74) is -0.214. The Morgan fingerprint density at radius 2 is 1.81 bits per heavy atom. The summed E-state index contributed by atoms with van der Waals surface area (Å²) in [4.78, 5) is 21.9. The first-order valence-electron chi connectivity index (χ1n) is 9.95. The fourth-order valence-corrected chi connectivity index (χ4v) is 4.69. The highest BCUT2D eigenvalue weighted by molar-refractivity contribution is 7.89. The van der Waals surface area contributed by atoms with Gasteiger partial charge in [-0.25, -0.2) is 17.5 Å². The Balaban J connectivity index is 0.000000592. The van der Waals surface area contributed by atoms with E-state index in [1.807, 2.05) is 0 Å².